The summed E-state index contributed by atoms with van der Waals surface area (Å²) in [5, 5.41) is 9.35. The molecule has 1 fully saturated rings. The van der Waals surface area contributed by atoms with Gasteiger partial charge < -0.3 is 9.52 Å². The molecule has 1 saturated heterocycles. The van der Waals surface area contributed by atoms with Gasteiger partial charge in [0, 0.05) is 12.5 Å². The van der Waals surface area contributed by atoms with Gasteiger partial charge in [0.1, 0.15) is 11.3 Å². The number of carboxylic acids is 1. The number of rotatable bonds is 4. The fourth-order valence-corrected chi connectivity index (χ4v) is 2.75. The number of carbonyl (C=O) groups is 1. The van der Waals surface area contributed by atoms with Crippen LogP contribution >= 0.6 is 0 Å². The normalized spacial score (nSPS) is 27.2. The Morgan fingerprint density at radius 2 is 2.47 bits per heavy atom. The first-order valence-electron chi connectivity index (χ1n) is 6.06. The summed E-state index contributed by atoms with van der Waals surface area (Å²) >= 11 is 0. The lowest BCUT2D eigenvalue weighted by atomic mass is 9.97. The van der Waals surface area contributed by atoms with Crippen LogP contribution in [0.5, 0.6) is 0 Å². The first-order valence-corrected chi connectivity index (χ1v) is 6.06. The average molecular weight is 237 g/mol. The lowest BCUT2D eigenvalue weighted by molar-refractivity contribution is -0.149. The summed E-state index contributed by atoms with van der Waals surface area (Å²) in [5.74, 6) is 0.193. The summed E-state index contributed by atoms with van der Waals surface area (Å²) in [6.45, 7) is 4.74. The van der Waals surface area contributed by atoms with Crippen molar-refractivity contribution in [3.63, 3.8) is 0 Å². The van der Waals surface area contributed by atoms with Gasteiger partial charge in [-0.2, -0.15) is 0 Å². The second-order valence-electron chi connectivity index (χ2n) is 5.01. The van der Waals surface area contributed by atoms with Crippen LogP contribution < -0.4 is 0 Å². The molecule has 0 amide bonds. The summed E-state index contributed by atoms with van der Waals surface area (Å²) in [4.78, 5) is 13.5. The van der Waals surface area contributed by atoms with Crippen LogP contribution in [0, 0.1) is 0 Å². The van der Waals surface area contributed by atoms with Crippen LogP contribution in [-0.2, 0) is 11.2 Å². The number of likely N-dealkylation sites (tertiary alicyclic amines) is 1. The molecule has 0 bridgehead atoms. The number of furan rings is 1. The Bertz CT molecular complexity index is 387. The zero-order chi connectivity index (χ0) is 12.5. The van der Waals surface area contributed by atoms with E-state index in [1.165, 1.54) is 0 Å². The number of nitrogens with zero attached hydrogens (tertiary/aromatic N) is 1. The van der Waals surface area contributed by atoms with E-state index in [1.54, 1.807) is 6.26 Å². The number of hydrogen-bond acceptors (Lipinski definition) is 3. The molecule has 94 valence electrons. The zero-order valence-corrected chi connectivity index (χ0v) is 10.3. The summed E-state index contributed by atoms with van der Waals surface area (Å²) < 4.78 is 5.32. The third kappa shape index (κ3) is 2.22. The van der Waals surface area contributed by atoms with Crippen molar-refractivity contribution < 1.29 is 14.3 Å². The molecule has 2 heterocycles. The van der Waals surface area contributed by atoms with Crippen molar-refractivity contribution >= 4 is 5.97 Å². The second kappa shape index (κ2) is 4.53. The average Bonchev–Trinajstić information content (AvgIpc) is 2.87. The Hall–Kier alpha value is -1.29. The Kier molecular flexibility index (Phi) is 3.24. The van der Waals surface area contributed by atoms with Gasteiger partial charge in [0.25, 0.3) is 0 Å². The third-order valence-corrected chi connectivity index (χ3v) is 3.77. The van der Waals surface area contributed by atoms with E-state index in [4.69, 9.17) is 4.42 Å². The third-order valence-electron chi connectivity index (χ3n) is 3.77. The van der Waals surface area contributed by atoms with Gasteiger partial charge in [-0.3, -0.25) is 9.69 Å². The molecule has 0 radical (unpaired) electrons. The molecular weight excluding hydrogens is 218 g/mol. The quantitative estimate of drug-likeness (QED) is 0.871. The summed E-state index contributed by atoms with van der Waals surface area (Å²) in [5.41, 5.74) is -0.716. The van der Waals surface area contributed by atoms with E-state index < -0.39 is 11.5 Å². The van der Waals surface area contributed by atoms with Crippen molar-refractivity contribution in [2.45, 2.75) is 44.7 Å². The fraction of sp³-hybridized carbons (Fsp3) is 0.615. The lowest BCUT2D eigenvalue weighted by Crippen LogP contribution is -2.52. The zero-order valence-electron chi connectivity index (χ0n) is 10.3. The smallest absolute Gasteiger partial charge is 0.323 e. The molecule has 4 nitrogen and oxygen atoms in total. The largest absolute Gasteiger partial charge is 0.480 e. The van der Waals surface area contributed by atoms with Gasteiger partial charge in [-0.25, -0.2) is 0 Å². The molecule has 1 aliphatic rings. The summed E-state index contributed by atoms with van der Waals surface area (Å²) in [6.07, 6.45) is 4.09. The Morgan fingerprint density at radius 1 is 1.71 bits per heavy atom. The Labute approximate surface area is 101 Å². The van der Waals surface area contributed by atoms with Gasteiger partial charge >= 0.3 is 5.97 Å². The van der Waals surface area contributed by atoms with Gasteiger partial charge in [-0.05, 0) is 45.4 Å². The van der Waals surface area contributed by atoms with E-state index in [2.05, 4.69) is 11.8 Å². The van der Waals surface area contributed by atoms with Crippen molar-refractivity contribution in [1.29, 1.82) is 0 Å². The van der Waals surface area contributed by atoms with Crippen molar-refractivity contribution in [3.8, 4) is 0 Å². The Balaban J connectivity index is 2.08. The lowest BCUT2D eigenvalue weighted by Gasteiger charge is -2.35. The van der Waals surface area contributed by atoms with Crippen LogP contribution in [-0.4, -0.2) is 34.1 Å². The molecule has 1 aromatic rings. The highest BCUT2D eigenvalue weighted by Gasteiger charge is 2.45. The predicted octanol–water partition coefficient (Wildman–Crippen LogP) is 2.15. The molecule has 2 rings (SSSR count). The molecule has 2 unspecified atom stereocenters. The van der Waals surface area contributed by atoms with Gasteiger partial charge in [-0.1, -0.05) is 0 Å². The SMILES string of the molecule is CC(Cc1ccco1)N1CCCC1(C)C(=O)O. The Morgan fingerprint density at radius 3 is 3.06 bits per heavy atom. The summed E-state index contributed by atoms with van der Waals surface area (Å²) in [7, 11) is 0. The minimum atomic E-state index is -0.721. The van der Waals surface area contributed by atoms with E-state index in [9.17, 15) is 9.90 Å². The minimum absolute atomic E-state index is 0.185. The van der Waals surface area contributed by atoms with E-state index >= 15 is 0 Å². The van der Waals surface area contributed by atoms with Crippen LogP contribution in [0.2, 0.25) is 0 Å². The fourth-order valence-electron chi connectivity index (χ4n) is 2.75. The molecule has 2 atom stereocenters. The van der Waals surface area contributed by atoms with Gasteiger partial charge in [0.15, 0.2) is 0 Å². The van der Waals surface area contributed by atoms with Crippen LogP contribution in [0.3, 0.4) is 0 Å². The van der Waals surface area contributed by atoms with Crippen molar-refractivity contribution in [1.82, 2.24) is 4.90 Å². The monoisotopic (exact) mass is 237 g/mol. The molecule has 0 spiro atoms. The van der Waals surface area contributed by atoms with Gasteiger partial charge in [0.2, 0.25) is 0 Å². The highest BCUT2D eigenvalue weighted by molar-refractivity contribution is 5.78. The van der Waals surface area contributed by atoms with Gasteiger partial charge in [-0.15, -0.1) is 0 Å². The molecule has 0 aliphatic carbocycles. The van der Waals surface area contributed by atoms with Crippen LogP contribution in [0.4, 0.5) is 0 Å². The molecule has 1 aromatic heterocycles. The predicted molar refractivity (Wildman–Crippen MR) is 63.9 cm³/mol. The maximum atomic E-state index is 11.4. The van der Waals surface area contributed by atoms with Crippen molar-refractivity contribution in [2.75, 3.05) is 6.54 Å². The first-order chi connectivity index (χ1) is 8.04. The van der Waals surface area contributed by atoms with Crippen LogP contribution in [0.25, 0.3) is 0 Å². The highest BCUT2D eigenvalue weighted by atomic mass is 16.4. The molecule has 4 heteroatoms. The topological polar surface area (TPSA) is 53.7 Å². The van der Waals surface area contributed by atoms with Crippen molar-refractivity contribution in [3.05, 3.63) is 24.2 Å². The standard InChI is InChI=1S/C13H19NO3/c1-10(9-11-5-3-8-17-11)14-7-4-6-13(14,2)12(15)16/h3,5,8,10H,4,6-7,9H2,1-2H3,(H,15,16). The van der Waals surface area contributed by atoms with Crippen molar-refractivity contribution in [2.24, 2.45) is 0 Å². The van der Waals surface area contributed by atoms with E-state index in [1.807, 2.05) is 19.1 Å². The number of aliphatic carboxylic acids is 1. The first kappa shape index (κ1) is 12.2. The maximum Gasteiger partial charge on any atom is 0.323 e. The van der Waals surface area contributed by atoms with E-state index in [-0.39, 0.29) is 6.04 Å². The summed E-state index contributed by atoms with van der Waals surface area (Å²) in [6, 6.07) is 3.98. The van der Waals surface area contributed by atoms with Gasteiger partial charge in [0.05, 0.1) is 6.26 Å². The molecular formula is C13H19NO3. The molecule has 0 aromatic carbocycles. The number of carboxylic acid groups (broad SMARTS) is 1. The molecule has 17 heavy (non-hydrogen) atoms. The second-order valence-corrected chi connectivity index (χ2v) is 5.01. The highest BCUT2D eigenvalue weighted by Crippen LogP contribution is 2.32. The molecule has 1 aliphatic heterocycles. The molecule has 1 N–H and O–H groups in total. The van der Waals surface area contributed by atoms with E-state index in [0.717, 1.165) is 31.6 Å². The van der Waals surface area contributed by atoms with Crippen LogP contribution in [0.15, 0.2) is 22.8 Å². The minimum Gasteiger partial charge on any atom is -0.480 e. The maximum absolute atomic E-state index is 11.4. The van der Waals surface area contributed by atoms with E-state index in [0.29, 0.717) is 0 Å². The van der Waals surface area contributed by atoms with Crippen LogP contribution in [0.1, 0.15) is 32.4 Å². The number of hydrogen-bond donors (Lipinski definition) is 1. The molecule has 0 saturated carbocycles.